The normalized spacial score (nSPS) is 41.5. The van der Waals surface area contributed by atoms with E-state index in [1.807, 2.05) is 0 Å². The average Bonchev–Trinajstić information content (AvgIpc) is 2.00. The Labute approximate surface area is 88.8 Å². The van der Waals surface area contributed by atoms with E-state index in [0.29, 0.717) is 10.8 Å². The molecule has 14 heavy (non-hydrogen) atoms. The van der Waals surface area contributed by atoms with E-state index in [9.17, 15) is 0 Å². The van der Waals surface area contributed by atoms with E-state index in [1.54, 1.807) is 0 Å². The van der Waals surface area contributed by atoms with Crippen LogP contribution >= 0.6 is 0 Å². The molecule has 0 radical (unpaired) electrons. The molecule has 0 heteroatoms. The van der Waals surface area contributed by atoms with Crippen LogP contribution in [0.15, 0.2) is 12.2 Å². The molecule has 0 aromatic rings. The quantitative estimate of drug-likeness (QED) is 0.494. The van der Waals surface area contributed by atoms with Crippen molar-refractivity contribution < 1.29 is 0 Å². The van der Waals surface area contributed by atoms with Crippen LogP contribution < -0.4 is 0 Å². The molecule has 2 aliphatic carbocycles. The van der Waals surface area contributed by atoms with E-state index in [0.717, 1.165) is 5.92 Å². The van der Waals surface area contributed by atoms with E-state index >= 15 is 0 Å². The van der Waals surface area contributed by atoms with Crippen LogP contribution in [0.2, 0.25) is 0 Å². The Morgan fingerprint density at radius 2 is 2.00 bits per heavy atom. The lowest BCUT2D eigenvalue weighted by molar-refractivity contribution is 0.0632. The highest BCUT2D eigenvalue weighted by atomic mass is 14.5. The summed E-state index contributed by atoms with van der Waals surface area (Å²) in [6.07, 6.45) is 13.5. The second-order valence-corrected chi connectivity index (χ2v) is 6.51. The summed E-state index contributed by atoms with van der Waals surface area (Å²) in [7, 11) is 0. The van der Waals surface area contributed by atoms with E-state index in [4.69, 9.17) is 0 Å². The summed E-state index contributed by atoms with van der Waals surface area (Å²) in [6.45, 7) is 7.28. The fraction of sp³-hybridized carbons (Fsp3) is 0.857. The van der Waals surface area contributed by atoms with Crippen LogP contribution in [-0.2, 0) is 0 Å². The lowest BCUT2D eigenvalue weighted by Gasteiger charge is -2.47. The number of hydrogen-bond donors (Lipinski definition) is 0. The minimum atomic E-state index is 0.600. The van der Waals surface area contributed by atoms with Crippen molar-refractivity contribution >= 4 is 0 Å². The molecule has 2 atom stereocenters. The fourth-order valence-electron chi connectivity index (χ4n) is 3.87. The molecule has 0 heterocycles. The Balaban J connectivity index is 2.12. The third kappa shape index (κ3) is 2.04. The van der Waals surface area contributed by atoms with Crippen molar-refractivity contribution in [2.45, 2.75) is 59.3 Å². The van der Waals surface area contributed by atoms with Gasteiger partial charge < -0.3 is 0 Å². The van der Waals surface area contributed by atoms with E-state index < -0.39 is 0 Å². The second-order valence-electron chi connectivity index (χ2n) is 6.51. The predicted octanol–water partition coefficient (Wildman–Crippen LogP) is 4.56. The molecule has 0 bridgehead atoms. The SMILES string of the molecule is CC1C=CCC2(CCCC(C)(C)C2)C1. The summed E-state index contributed by atoms with van der Waals surface area (Å²) >= 11 is 0. The van der Waals surface area contributed by atoms with Gasteiger partial charge in [0.15, 0.2) is 0 Å². The van der Waals surface area contributed by atoms with Gasteiger partial charge in [-0.25, -0.2) is 0 Å². The molecule has 0 aromatic heterocycles. The average molecular weight is 192 g/mol. The number of allylic oxidation sites excluding steroid dienone is 2. The minimum absolute atomic E-state index is 0.600. The first-order chi connectivity index (χ1) is 6.52. The molecule has 0 aromatic carbocycles. The van der Waals surface area contributed by atoms with Gasteiger partial charge in [-0.05, 0) is 48.9 Å². The van der Waals surface area contributed by atoms with E-state index in [2.05, 4.69) is 32.9 Å². The van der Waals surface area contributed by atoms with E-state index in [1.165, 1.54) is 38.5 Å². The Morgan fingerprint density at radius 1 is 1.21 bits per heavy atom. The van der Waals surface area contributed by atoms with Gasteiger partial charge in [0.25, 0.3) is 0 Å². The second kappa shape index (κ2) is 3.40. The smallest absolute Gasteiger partial charge is 0.0252 e. The van der Waals surface area contributed by atoms with Crippen LogP contribution in [0.5, 0.6) is 0 Å². The molecule has 1 fully saturated rings. The largest absolute Gasteiger partial charge is 0.0877 e. The molecule has 80 valence electrons. The first-order valence-corrected chi connectivity index (χ1v) is 6.18. The van der Waals surface area contributed by atoms with E-state index in [-0.39, 0.29) is 0 Å². The van der Waals surface area contributed by atoms with Crippen LogP contribution in [0.3, 0.4) is 0 Å². The molecular formula is C14H24. The number of hydrogen-bond acceptors (Lipinski definition) is 0. The Morgan fingerprint density at radius 3 is 2.64 bits per heavy atom. The van der Waals surface area contributed by atoms with Crippen molar-refractivity contribution in [3.8, 4) is 0 Å². The lowest BCUT2D eigenvalue weighted by atomic mass is 9.58. The van der Waals surface area contributed by atoms with Gasteiger partial charge in [-0.3, -0.25) is 0 Å². The van der Waals surface area contributed by atoms with Crippen molar-refractivity contribution in [2.75, 3.05) is 0 Å². The van der Waals surface area contributed by atoms with Crippen LogP contribution in [0.25, 0.3) is 0 Å². The van der Waals surface area contributed by atoms with Crippen molar-refractivity contribution in [1.29, 1.82) is 0 Å². The lowest BCUT2D eigenvalue weighted by Crippen LogP contribution is -2.35. The zero-order chi connectivity index (χ0) is 10.2. The molecule has 0 nitrogen and oxygen atoms in total. The summed E-state index contributed by atoms with van der Waals surface area (Å²) in [5.41, 5.74) is 1.28. The molecule has 2 aliphatic rings. The fourth-order valence-corrected chi connectivity index (χ4v) is 3.87. The molecule has 1 spiro atoms. The third-order valence-electron chi connectivity index (χ3n) is 4.18. The summed E-state index contributed by atoms with van der Waals surface area (Å²) in [4.78, 5) is 0. The predicted molar refractivity (Wildman–Crippen MR) is 62.2 cm³/mol. The summed E-state index contributed by atoms with van der Waals surface area (Å²) in [5, 5.41) is 0. The molecule has 0 N–H and O–H groups in total. The maximum atomic E-state index is 2.46. The molecule has 0 saturated heterocycles. The Hall–Kier alpha value is -0.260. The van der Waals surface area contributed by atoms with Crippen molar-refractivity contribution in [1.82, 2.24) is 0 Å². The van der Waals surface area contributed by atoms with Crippen molar-refractivity contribution in [2.24, 2.45) is 16.7 Å². The molecule has 2 rings (SSSR count). The zero-order valence-electron chi connectivity index (χ0n) is 9.97. The highest BCUT2D eigenvalue weighted by Gasteiger charge is 2.40. The zero-order valence-corrected chi connectivity index (χ0v) is 9.97. The maximum absolute atomic E-state index is 2.46. The van der Waals surface area contributed by atoms with Crippen molar-refractivity contribution in [3.05, 3.63) is 12.2 Å². The third-order valence-corrected chi connectivity index (χ3v) is 4.18. The van der Waals surface area contributed by atoms with Gasteiger partial charge in [0, 0.05) is 0 Å². The minimum Gasteiger partial charge on any atom is -0.0877 e. The molecule has 2 unspecified atom stereocenters. The van der Waals surface area contributed by atoms with Crippen LogP contribution in [0.4, 0.5) is 0 Å². The number of rotatable bonds is 0. The van der Waals surface area contributed by atoms with Crippen LogP contribution in [0, 0.1) is 16.7 Å². The van der Waals surface area contributed by atoms with Crippen molar-refractivity contribution in [3.63, 3.8) is 0 Å². The monoisotopic (exact) mass is 192 g/mol. The van der Waals surface area contributed by atoms with Crippen LogP contribution in [-0.4, -0.2) is 0 Å². The standard InChI is InChI=1S/C14H24/c1-12-6-4-8-14(10-12)9-5-7-13(2,3)11-14/h4,6,12H,5,7-11H2,1-3H3. The highest BCUT2D eigenvalue weighted by Crippen LogP contribution is 2.52. The van der Waals surface area contributed by atoms with Gasteiger partial charge >= 0.3 is 0 Å². The molecular weight excluding hydrogens is 168 g/mol. The molecule has 0 aliphatic heterocycles. The van der Waals surface area contributed by atoms with Crippen LogP contribution in [0.1, 0.15) is 59.3 Å². The highest BCUT2D eigenvalue weighted by molar-refractivity contribution is 5.04. The van der Waals surface area contributed by atoms with Gasteiger partial charge in [0.1, 0.15) is 0 Å². The van der Waals surface area contributed by atoms with Gasteiger partial charge in [0.2, 0.25) is 0 Å². The Kier molecular flexibility index (Phi) is 2.49. The van der Waals surface area contributed by atoms with Gasteiger partial charge in [0.05, 0.1) is 0 Å². The summed E-state index contributed by atoms with van der Waals surface area (Å²) in [6, 6.07) is 0. The topological polar surface area (TPSA) is 0 Å². The first-order valence-electron chi connectivity index (χ1n) is 6.18. The van der Waals surface area contributed by atoms with Gasteiger partial charge in [-0.2, -0.15) is 0 Å². The molecule has 0 amide bonds. The van der Waals surface area contributed by atoms with Gasteiger partial charge in [-0.15, -0.1) is 0 Å². The first kappa shape index (κ1) is 10.3. The summed E-state index contributed by atoms with van der Waals surface area (Å²) < 4.78 is 0. The Bertz CT molecular complexity index is 236. The summed E-state index contributed by atoms with van der Waals surface area (Å²) in [5.74, 6) is 0.817. The molecule has 1 saturated carbocycles. The maximum Gasteiger partial charge on any atom is -0.0252 e. The van der Waals surface area contributed by atoms with Gasteiger partial charge in [-0.1, -0.05) is 39.3 Å².